The van der Waals surface area contributed by atoms with Gasteiger partial charge >= 0.3 is 28.3 Å². The molecule has 0 aliphatic heterocycles. The minimum atomic E-state index is -2.84. The largest absolute Gasteiger partial charge is 0.473 e. The van der Waals surface area contributed by atoms with E-state index in [0.717, 1.165) is 0 Å². The maximum absolute atomic E-state index is 8.88. The van der Waals surface area contributed by atoms with Gasteiger partial charge in [-0.05, 0) is 19.6 Å². The van der Waals surface area contributed by atoms with Gasteiger partial charge in [0.2, 0.25) is 0 Å². The van der Waals surface area contributed by atoms with Crippen LogP contribution in [0.25, 0.3) is 0 Å². The zero-order valence-electron chi connectivity index (χ0n) is 10.3. The molecule has 0 aliphatic carbocycles. The molecule has 0 aromatic rings. The number of hydrogen-bond acceptors (Lipinski definition) is 7. The maximum Gasteiger partial charge on any atom is 0.473 e. The summed E-state index contributed by atoms with van der Waals surface area (Å²) in [5.74, 6) is 0. The fraction of sp³-hybridized carbons (Fsp3) is 1.00. The van der Waals surface area contributed by atoms with E-state index >= 15 is 0 Å². The molecule has 0 spiro atoms. The van der Waals surface area contributed by atoms with E-state index in [1.54, 1.807) is 7.11 Å². The van der Waals surface area contributed by atoms with Gasteiger partial charge in [-0.2, -0.15) is 0 Å². The van der Waals surface area contributed by atoms with E-state index < -0.39 is 37.4 Å². The van der Waals surface area contributed by atoms with Gasteiger partial charge in [-0.1, -0.05) is 0 Å². The van der Waals surface area contributed by atoms with Gasteiger partial charge in [0, 0.05) is 14.2 Å². The molecule has 0 bridgehead atoms. The summed E-state index contributed by atoms with van der Waals surface area (Å²) < 4.78 is 18.4. The second-order valence-corrected chi connectivity index (χ2v) is 10.7. The van der Waals surface area contributed by atoms with E-state index in [2.05, 4.69) is 25.8 Å². The summed E-state index contributed by atoms with van der Waals surface area (Å²) in [6.45, 7) is 5.75. The molecule has 0 heterocycles. The Morgan fingerprint density at radius 1 is 0.750 bits per heavy atom. The molecule has 0 rings (SSSR count). The minimum absolute atomic E-state index is 0.650. The monoisotopic (exact) mass is 306 g/mol. The molecular formula is C5H22O7Si4. The Balaban J connectivity index is 0. The van der Waals surface area contributed by atoms with Crippen molar-refractivity contribution in [2.45, 2.75) is 19.6 Å². The predicted molar refractivity (Wildman–Crippen MR) is 69.0 cm³/mol. The van der Waals surface area contributed by atoms with Crippen LogP contribution in [0.5, 0.6) is 0 Å². The van der Waals surface area contributed by atoms with Crippen LogP contribution in [0.3, 0.4) is 0 Å². The van der Waals surface area contributed by atoms with Crippen molar-refractivity contribution < 1.29 is 31.5 Å². The van der Waals surface area contributed by atoms with Gasteiger partial charge in [0.1, 0.15) is 0 Å². The number of hydrogen-bond donors (Lipinski definition) is 3. The van der Waals surface area contributed by atoms with Crippen molar-refractivity contribution in [2.75, 3.05) is 14.2 Å². The molecule has 0 aliphatic rings. The lowest BCUT2D eigenvalue weighted by atomic mass is 11.8. The van der Waals surface area contributed by atoms with Crippen molar-refractivity contribution >= 4 is 37.4 Å². The first-order valence-electron chi connectivity index (χ1n) is 4.74. The van der Waals surface area contributed by atoms with Gasteiger partial charge in [0.15, 0.2) is 9.04 Å². The summed E-state index contributed by atoms with van der Waals surface area (Å²) in [6.07, 6.45) is 0. The Morgan fingerprint density at radius 3 is 1.44 bits per heavy atom. The lowest BCUT2D eigenvalue weighted by molar-refractivity contribution is 0.186. The molecule has 0 radical (unpaired) electrons. The van der Waals surface area contributed by atoms with E-state index in [4.69, 9.17) is 18.8 Å². The molecule has 16 heavy (non-hydrogen) atoms. The van der Waals surface area contributed by atoms with Crippen molar-refractivity contribution in [3.63, 3.8) is 0 Å². The first-order chi connectivity index (χ1) is 7.33. The molecule has 0 aromatic carbocycles. The molecule has 3 atom stereocenters. The van der Waals surface area contributed by atoms with Crippen molar-refractivity contribution in [2.24, 2.45) is 0 Å². The highest BCUT2D eigenvalue weighted by Gasteiger charge is 2.19. The zero-order chi connectivity index (χ0) is 13.1. The Morgan fingerprint density at radius 2 is 1.19 bits per heavy atom. The van der Waals surface area contributed by atoms with Gasteiger partial charge in [-0.15, -0.1) is 0 Å². The van der Waals surface area contributed by atoms with Crippen molar-refractivity contribution in [1.82, 2.24) is 0 Å². The predicted octanol–water partition coefficient (Wildman–Crippen LogP) is -2.46. The van der Waals surface area contributed by atoms with Gasteiger partial charge in [-0.25, -0.2) is 0 Å². The first kappa shape index (κ1) is 18.9. The van der Waals surface area contributed by atoms with E-state index in [-0.39, 0.29) is 0 Å². The fourth-order valence-corrected chi connectivity index (χ4v) is 3.78. The third kappa shape index (κ3) is 17.0. The second kappa shape index (κ2) is 12.1. The summed E-state index contributed by atoms with van der Waals surface area (Å²) in [7, 11) is -5.41. The molecule has 0 fully saturated rings. The Hall–Kier alpha value is 0.588. The normalized spacial score (nSPS) is 16.3. The summed E-state index contributed by atoms with van der Waals surface area (Å²) in [4.78, 5) is 26.4. The van der Waals surface area contributed by atoms with Crippen molar-refractivity contribution in [3.8, 4) is 0 Å². The van der Waals surface area contributed by atoms with Crippen LogP contribution in [0, 0.1) is 0 Å². The van der Waals surface area contributed by atoms with Crippen LogP contribution in [0.2, 0.25) is 19.6 Å². The second-order valence-electron chi connectivity index (χ2n) is 3.01. The quantitative estimate of drug-likeness (QED) is 0.468. The topological polar surface area (TPSA) is 97.6 Å². The molecule has 3 N–H and O–H groups in total. The summed E-state index contributed by atoms with van der Waals surface area (Å²) >= 11 is 0. The van der Waals surface area contributed by atoms with Crippen LogP contribution in [0.15, 0.2) is 0 Å². The van der Waals surface area contributed by atoms with Gasteiger partial charge < -0.3 is 31.5 Å². The third-order valence-electron chi connectivity index (χ3n) is 1.22. The molecule has 0 saturated carbocycles. The fourth-order valence-electron chi connectivity index (χ4n) is 0.356. The first-order valence-corrected chi connectivity index (χ1v) is 12.6. The SMILES string of the molecule is CO[SiH](C)C.CO[SiH](O)O[SiH](O)O[SiH](C)O. The smallest absolute Gasteiger partial charge is 0.424 e. The Labute approximate surface area is 103 Å². The number of rotatable bonds is 6. The molecule has 0 saturated heterocycles. The molecule has 11 heteroatoms. The summed E-state index contributed by atoms with van der Waals surface area (Å²) in [5, 5.41) is 0. The maximum atomic E-state index is 8.88. The van der Waals surface area contributed by atoms with E-state index in [9.17, 15) is 0 Å². The average Bonchev–Trinajstić information content (AvgIpc) is 2.17. The highest BCUT2D eigenvalue weighted by molar-refractivity contribution is 6.58. The van der Waals surface area contributed by atoms with Crippen LogP contribution in [-0.4, -0.2) is 66.0 Å². The van der Waals surface area contributed by atoms with Crippen LogP contribution >= 0.6 is 0 Å². The summed E-state index contributed by atoms with van der Waals surface area (Å²) in [5.41, 5.74) is 0. The molecule has 3 unspecified atom stereocenters. The minimum Gasteiger partial charge on any atom is -0.424 e. The lowest BCUT2D eigenvalue weighted by Gasteiger charge is -2.13. The van der Waals surface area contributed by atoms with E-state index in [0.29, 0.717) is 0 Å². The van der Waals surface area contributed by atoms with Crippen molar-refractivity contribution in [1.29, 1.82) is 0 Å². The van der Waals surface area contributed by atoms with Gasteiger partial charge in [0.25, 0.3) is 0 Å². The molecule has 7 nitrogen and oxygen atoms in total. The molecule has 0 amide bonds. The van der Waals surface area contributed by atoms with Crippen LogP contribution in [-0.2, 0) is 17.1 Å². The van der Waals surface area contributed by atoms with Crippen LogP contribution in [0.1, 0.15) is 0 Å². The van der Waals surface area contributed by atoms with E-state index in [1.165, 1.54) is 13.7 Å². The van der Waals surface area contributed by atoms with Crippen LogP contribution in [0.4, 0.5) is 0 Å². The third-order valence-corrected chi connectivity index (χ3v) is 6.93. The summed E-state index contributed by atoms with van der Waals surface area (Å²) in [6, 6.07) is 0. The lowest BCUT2D eigenvalue weighted by Crippen LogP contribution is -2.37. The standard InChI is InChI=1S/C3H10OSi.C2H12O6Si3/c1-4-5(2)3;1-6-10(4)8-11(5)7-9(2)3/h5H,1-3H3;3-5,9-11H,1-2H3. The molecule has 100 valence electrons. The average molecular weight is 307 g/mol. The van der Waals surface area contributed by atoms with Gasteiger partial charge in [-0.3, -0.25) is 0 Å². The highest BCUT2D eigenvalue weighted by Crippen LogP contribution is 1.90. The van der Waals surface area contributed by atoms with Crippen LogP contribution < -0.4 is 0 Å². The Bertz CT molecular complexity index is 149. The Kier molecular flexibility index (Phi) is 14.3. The molecule has 0 aromatic heterocycles. The van der Waals surface area contributed by atoms with Crippen molar-refractivity contribution in [3.05, 3.63) is 0 Å². The van der Waals surface area contributed by atoms with Gasteiger partial charge in [0.05, 0.1) is 0 Å². The zero-order valence-corrected chi connectivity index (χ0v) is 14.9. The molecular weight excluding hydrogens is 284 g/mol. The van der Waals surface area contributed by atoms with E-state index in [1.807, 2.05) is 0 Å². The highest BCUT2D eigenvalue weighted by atomic mass is 28.4.